The van der Waals surface area contributed by atoms with Crippen molar-refractivity contribution in [3.63, 3.8) is 0 Å². The van der Waals surface area contributed by atoms with Gasteiger partial charge in [-0.15, -0.1) is 12.4 Å². The molecule has 1 saturated carbocycles. The molecule has 0 N–H and O–H groups in total. The van der Waals surface area contributed by atoms with Crippen molar-refractivity contribution in [2.75, 3.05) is 26.2 Å². The van der Waals surface area contributed by atoms with Gasteiger partial charge in [0.2, 0.25) is 0 Å². The van der Waals surface area contributed by atoms with E-state index in [-0.39, 0.29) is 12.4 Å². The second-order valence-corrected chi connectivity index (χ2v) is 6.30. The minimum absolute atomic E-state index is 0. The van der Waals surface area contributed by atoms with Crippen LogP contribution in [0.2, 0.25) is 0 Å². The minimum Gasteiger partial charge on any atom is -0.492 e. The SMILES string of the molecule is CCN(CC)CCOc1ccc(C2CC2c2ccccc2)cc1.Cl. The highest BCUT2D eigenvalue weighted by molar-refractivity contribution is 5.85. The van der Waals surface area contributed by atoms with E-state index in [4.69, 9.17) is 4.74 Å². The van der Waals surface area contributed by atoms with Crippen molar-refractivity contribution in [2.24, 2.45) is 0 Å². The summed E-state index contributed by atoms with van der Waals surface area (Å²) in [5, 5.41) is 0. The third-order valence-corrected chi connectivity index (χ3v) is 4.90. The molecule has 0 spiro atoms. The summed E-state index contributed by atoms with van der Waals surface area (Å²) < 4.78 is 5.87. The fourth-order valence-electron chi connectivity index (χ4n) is 3.28. The lowest BCUT2D eigenvalue weighted by Gasteiger charge is -2.18. The van der Waals surface area contributed by atoms with Crippen LogP contribution in [0.1, 0.15) is 43.2 Å². The third kappa shape index (κ3) is 4.75. The van der Waals surface area contributed by atoms with Gasteiger partial charge in [-0.1, -0.05) is 56.3 Å². The topological polar surface area (TPSA) is 12.5 Å². The maximum absolute atomic E-state index is 5.87. The summed E-state index contributed by atoms with van der Waals surface area (Å²) in [5.74, 6) is 2.37. The smallest absolute Gasteiger partial charge is 0.119 e. The lowest BCUT2D eigenvalue weighted by molar-refractivity contribution is 0.223. The average Bonchev–Trinajstić information content (AvgIpc) is 3.41. The Morgan fingerprint density at radius 1 is 0.875 bits per heavy atom. The highest BCUT2D eigenvalue weighted by Crippen LogP contribution is 2.54. The van der Waals surface area contributed by atoms with Gasteiger partial charge in [-0.25, -0.2) is 0 Å². The lowest BCUT2D eigenvalue weighted by atomic mass is 10.0. The molecule has 24 heavy (non-hydrogen) atoms. The zero-order valence-corrected chi connectivity index (χ0v) is 15.5. The Morgan fingerprint density at radius 3 is 2.04 bits per heavy atom. The Balaban J connectivity index is 0.00000208. The molecule has 2 aromatic carbocycles. The quantitative estimate of drug-likeness (QED) is 0.660. The minimum atomic E-state index is 0. The van der Waals surface area contributed by atoms with Crippen LogP contribution >= 0.6 is 12.4 Å². The summed E-state index contributed by atoms with van der Waals surface area (Å²) >= 11 is 0. The highest BCUT2D eigenvalue weighted by atomic mass is 35.5. The van der Waals surface area contributed by atoms with E-state index in [0.717, 1.165) is 32.0 Å². The molecule has 0 aliphatic heterocycles. The summed E-state index contributed by atoms with van der Waals surface area (Å²) in [6, 6.07) is 19.6. The number of ether oxygens (including phenoxy) is 1. The van der Waals surface area contributed by atoms with E-state index in [1.54, 1.807) is 0 Å². The molecule has 1 fully saturated rings. The Labute approximate surface area is 152 Å². The van der Waals surface area contributed by atoms with Crippen molar-refractivity contribution >= 4 is 12.4 Å². The van der Waals surface area contributed by atoms with Gasteiger partial charge >= 0.3 is 0 Å². The van der Waals surface area contributed by atoms with Gasteiger partial charge in [0.15, 0.2) is 0 Å². The number of nitrogens with zero attached hydrogens (tertiary/aromatic N) is 1. The molecular weight excluding hydrogens is 318 g/mol. The van der Waals surface area contributed by atoms with E-state index >= 15 is 0 Å². The van der Waals surface area contributed by atoms with Crippen LogP contribution in [0.15, 0.2) is 54.6 Å². The molecule has 0 saturated heterocycles. The van der Waals surface area contributed by atoms with Crippen LogP contribution in [0.4, 0.5) is 0 Å². The molecule has 3 rings (SSSR count). The summed E-state index contributed by atoms with van der Waals surface area (Å²) in [5.41, 5.74) is 2.91. The van der Waals surface area contributed by atoms with Crippen LogP contribution in [0, 0.1) is 0 Å². The van der Waals surface area contributed by atoms with Crippen molar-refractivity contribution in [3.05, 3.63) is 65.7 Å². The van der Waals surface area contributed by atoms with Gasteiger partial charge < -0.3 is 9.64 Å². The molecule has 0 heterocycles. The van der Waals surface area contributed by atoms with Crippen LogP contribution in [0.3, 0.4) is 0 Å². The monoisotopic (exact) mass is 345 g/mol. The second-order valence-electron chi connectivity index (χ2n) is 6.30. The van der Waals surface area contributed by atoms with Crippen molar-refractivity contribution in [3.8, 4) is 5.75 Å². The number of halogens is 1. The molecule has 2 aromatic rings. The van der Waals surface area contributed by atoms with Crippen molar-refractivity contribution < 1.29 is 4.74 Å². The number of hydrogen-bond donors (Lipinski definition) is 0. The maximum atomic E-state index is 5.87. The van der Waals surface area contributed by atoms with E-state index < -0.39 is 0 Å². The maximum Gasteiger partial charge on any atom is 0.119 e. The summed E-state index contributed by atoms with van der Waals surface area (Å²) in [6.07, 6.45) is 1.27. The van der Waals surface area contributed by atoms with Crippen molar-refractivity contribution in [1.82, 2.24) is 4.90 Å². The zero-order chi connectivity index (χ0) is 16.1. The van der Waals surface area contributed by atoms with Crippen LogP contribution in [-0.4, -0.2) is 31.1 Å². The lowest BCUT2D eigenvalue weighted by Crippen LogP contribution is -2.27. The predicted molar refractivity (Wildman–Crippen MR) is 104 cm³/mol. The molecule has 1 aliphatic rings. The third-order valence-electron chi connectivity index (χ3n) is 4.90. The molecule has 0 bridgehead atoms. The largest absolute Gasteiger partial charge is 0.492 e. The summed E-state index contributed by atoms with van der Waals surface area (Å²) in [6.45, 7) is 8.31. The van der Waals surface area contributed by atoms with Crippen LogP contribution < -0.4 is 4.74 Å². The summed E-state index contributed by atoms with van der Waals surface area (Å²) in [4.78, 5) is 2.38. The number of benzene rings is 2. The molecule has 2 nitrogen and oxygen atoms in total. The van der Waals surface area contributed by atoms with Gasteiger partial charge in [0.05, 0.1) is 0 Å². The van der Waals surface area contributed by atoms with Crippen molar-refractivity contribution in [1.29, 1.82) is 0 Å². The normalized spacial score (nSPS) is 19.0. The molecule has 130 valence electrons. The Hall–Kier alpha value is -1.51. The van der Waals surface area contributed by atoms with Gasteiger partial charge in [0.1, 0.15) is 12.4 Å². The first-order valence-electron chi connectivity index (χ1n) is 8.81. The van der Waals surface area contributed by atoms with Gasteiger partial charge in [-0.2, -0.15) is 0 Å². The molecular formula is C21H28ClNO. The van der Waals surface area contributed by atoms with Crippen molar-refractivity contribution in [2.45, 2.75) is 32.1 Å². The van der Waals surface area contributed by atoms with Gasteiger partial charge in [0.25, 0.3) is 0 Å². The average molecular weight is 346 g/mol. The van der Waals surface area contributed by atoms with Gasteiger partial charge in [-0.3, -0.25) is 0 Å². The zero-order valence-electron chi connectivity index (χ0n) is 14.7. The van der Waals surface area contributed by atoms with E-state index in [1.807, 2.05) is 0 Å². The highest BCUT2D eigenvalue weighted by Gasteiger charge is 2.39. The second kappa shape index (κ2) is 9.10. The first-order chi connectivity index (χ1) is 11.3. The van der Waals surface area contributed by atoms with E-state index in [9.17, 15) is 0 Å². The first-order valence-corrected chi connectivity index (χ1v) is 8.81. The molecule has 0 amide bonds. The molecule has 2 atom stereocenters. The van der Waals surface area contributed by atoms with E-state index in [1.165, 1.54) is 17.5 Å². The Morgan fingerprint density at radius 2 is 1.46 bits per heavy atom. The summed E-state index contributed by atoms with van der Waals surface area (Å²) in [7, 11) is 0. The fraction of sp³-hybridized carbons (Fsp3) is 0.429. The molecule has 0 aromatic heterocycles. The van der Waals surface area contributed by atoms with Crippen LogP contribution in [-0.2, 0) is 0 Å². The van der Waals surface area contributed by atoms with Crippen LogP contribution in [0.5, 0.6) is 5.75 Å². The van der Waals surface area contributed by atoms with Gasteiger partial charge in [0, 0.05) is 6.54 Å². The molecule has 1 aliphatic carbocycles. The number of likely N-dealkylation sites (N-methyl/N-ethyl adjacent to an activating group) is 1. The van der Waals surface area contributed by atoms with Gasteiger partial charge in [-0.05, 0) is 54.6 Å². The predicted octanol–water partition coefficient (Wildman–Crippen LogP) is 5.10. The van der Waals surface area contributed by atoms with Crippen LogP contribution in [0.25, 0.3) is 0 Å². The molecule has 2 unspecified atom stereocenters. The first kappa shape index (κ1) is 18.8. The Kier molecular flexibility index (Phi) is 7.14. The molecule has 0 radical (unpaired) electrons. The fourth-order valence-corrected chi connectivity index (χ4v) is 3.28. The van der Waals surface area contributed by atoms with E-state index in [2.05, 4.69) is 73.3 Å². The standard InChI is InChI=1S/C21H27NO.ClH/c1-3-22(4-2)14-15-23-19-12-10-18(11-13-19)21-16-20(21)17-8-6-5-7-9-17;/h5-13,20-21H,3-4,14-16H2,1-2H3;1H. The number of rotatable bonds is 8. The number of hydrogen-bond acceptors (Lipinski definition) is 2. The molecule has 3 heteroatoms. The van der Waals surface area contributed by atoms with E-state index in [0.29, 0.717) is 11.8 Å². The Bertz CT molecular complexity index is 595.